The van der Waals surface area contributed by atoms with Crippen LogP contribution in [0.2, 0.25) is 10.0 Å². The van der Waals surface area contributed by atoms with Crippen LogP contribution in [0.25, 0.3) is 0 Å². The van der Waals surface area contributed by atoms with Gasteiger partial charge in [0.25, 0.3) is 15.9 Å². The van der Waals surface area contributed by atoms with Crippen molar-refractivity contribution in [2.24, 2.45) is 0 Å². The number of hydrogen-bond acceptors (Lipinski definition) is 4. The van der Waals surface area contributed by atoms with Crippen molar-refractivity contribution in [1.82, 2.24) is 5.32 Å². The van der Waals surface area contributed by atoms with Gasteiger partial charge >= 0.3 is 0 Å². The number of nitrogens with zero attached hydrogens (tertiary/aromatic N) is 1. The maximum absolute atomic E-state index is 13.7. The van der Waals surface area contributed by atoms with E-state index in [-0.39, 0.29) is 43.8 Å². The smallest absolute Gasteiger partial charge is 0.264 e. The number of anilines is 2. The van der Waals surface area contributed by atoms with E-state index in [1.165, 1.54) is 30.3 Å². The van der Waals surface area contributed by atoms with Crippen LogP contribution in [-0.4, -0.2) is 26.8 Å². The van der Waals surface area contributed by atoms with E-state index in [1.807, 2.05) is 44.2 Å². The standard InChI is InChI=1S/C30H27Cl2N3O4S/c1-20-12-15-24(16-13-20)40(38,39)35(23-14-17-26(31)27(32)18-23)19-29(36)34-28-11-7-6-10-25(28)30(37)33-21(2)22-8-4-3-5-9-22/h3-18,21H,19H2,1-2H3,(H,33,37)(H,34,36). The zero-order valence-electron chi connectivity index (χ0n) is 21.8. The van der Waals surface area contributed by atoms with Crippen LogP contribution in [0, 0.1) is 6.92 Å². The van der Waals surface area contributed by atoms with E-state index in [2.05, 4.69) is 10.6 Å². The molecule has 2 N–H and O–H groups in total. The molecule has 0 aliphatic carbocycles. The van der Waals surface area contributed by atoms with Gasteiger partial charge in [0.2, 0.25) is 5.91 Å². The summed E-state index contributed by atoms with van der Waals surface area (Å²) < 4.78 is 28.3. The zero-order chi connectivity index (χ0) is 28.9. The third kappa shape index (κ3) is 6.83. The molecule has 1 unspecified atom stereocenters. The van der Waals surface area contributed by atoms with Crippen LogP contribution in [0.1, 0.15) is 34.5 Å². The summed E-state index contributed by atoms with van der Waals surface area (Å²) in [6, 6.07) is 26.3. The second-order valence-electron chi connectivity index (χ2n) is 9.12. The number of sulfonamides is 1. The summed E-state index contributed by atoms with van der Waals surface area (Å²) >= 11 is 12.2. The molecule has 10 heteroatoms. The molecule has 1 atom stereocenters. The molecule has 0 saturated carbocycles. The van der Waals surface area contributed by atoms with E-state index in [9.17, 15) is 18.0 Å². The number of amides is 2. The Morgan fingerprint density at radius 2 is 1.50 bits per heavy atom. The molecule has 4 aromatic rings. The number of hydrogen-bond donors (Lipinski definition) is 2. The van der Waals surface area contributed by atoms with Crippen LogP contribution >= 0.6 is 23.2 Å². The largest absolute Gasteiger partial charge is 0.345 e. The number of para-hydroxylation sites is 1. The van der Waals surface area contributed by atoms with Crippen LogP contribution < -0.4 is 14.9 Å². The van der Waals surface area contributed by atoms with Crippen molar-refractivity contribution in [3.05, 3.63) is 124 Å². The molecule has 0 bridgehead atoms. The van der Waals surface area contributed by atoms with Gasteiger partial charge in [-0.2, -0.15) is 0 Å². The molecule has 4 aromatic carbocycles. The number of carbonyl (C=O) groups excluding carboxylic acids is 2. The van der Waals surface area contributed by atoms with Crippen LogP contribution in [0.15, 0.2) is 102 Å². The summed E-state index contributed by atoms with van der Waals surface area (Å²) in [4.78, 5) is 26.4. The predicted molar refractivity (Wildman–Crippen MR) is 160 cm³/mol. The number of nitrogens with one attached hydrogen (secondary N) is 2. The first-order valence-electron chi connectivity index (χ1n) is 12.4. The summed E-state index contributed by atoms with van der Waals surface area (Å²) in [5.41, 5.74) is 2.45. The van der Waals surface area contributed by atoms with Gasteiger partial charge in [-0.15, -0.1) is 0 Å². The van der Waals surface area contributed by atoms with Gasteiger partial charge in [0.05, 0.1) is 37.9 Å². The van der Waals surface area contributed by atoms with Crippen LogP contribution in [0.3, 0.4) is 0 Å². The number of halogens is 2. The van der Waals surface area contributed by atoms with Crippen LogP contribution in [0.5, 0.6) is 0 Å². The Bertz CT molecular complexity index is 1630. The van der Waals surface area contributed by atoms with Gasteiger partial charge in [-0.3, -0.25) is 13.9 Å². The molecule has 0 fully saturated rings. The van der Waals surface area contributed by atoms with E-state index in [1.54, 1.807) is 36.4 Å². The van der Waals surface area contributed by atoms with Crippen molar-refractivity contribution < 1.29 is 18.0 Å². The lowest BCUT2D eigenvalue weighted by Crippen LogP contribution is -2.38. The fraction of sp³-hybridized carbons (Fsp3) is 0.133. The molecule has 0 aliphatic rings. The molecule has 0 aromatic heterocycles. The Balaban J connectivity index is 1.60. The molecule has 0 heterocycles. The lowest BCUT2D eigenvalue weighted by Gasteiger charge is -2.25. The topological polar surface area (TPSA) is 95.6 Å². The predicted octanol–water partition coefficient (Wildman–Crippen LogP) is 6.63. The molecular weight excluding hydrogens is 569 g/mol. The van der Waals surface area contributed by atoms with E-state index in [0.717, 1.165) is 15.4 Å². The summed E-state index contributed by atoms with van der Waals surface area (Å²) in [5.74, 6) is -1.04. The van der Waals surface area contributed by atoms with Crippen molar-refractivity contribution >= 4 is 56.4 Å². The zero-order valence-corrected chi connectivity index (χ0v) is 24.1. The number of rotatable bonds is 9. The molecule has 2 amide bonds. The van der Waals surface area contributed by atoms with Crippen LogP contribution in [0.4, 0.5) is 11.4 Å². The Morgan fingerprint density at radius 1 is 0.850 bits per heavy atom. The van der Waals surface area contributed by atoms with Gasteiger partial charge in [-0.1, -0.05) is 83.4 Å². The summed E-state index contributed by atoms with van der Waals surface area (Å²) in [6.45, 7) is 3.12. The quantitative estimate of drug-likeness (QED) is 0.227. The minimum atomic E-state index is -4.17. The normalized spacial score (nSPS) is 11.9. The lowest BCUT2D eigenvalue weighted by atomic mass is 10.1. The van der Waals surface area contributed by atoms with E-state index in [0.29, 0.717) is 0 Å². The number of carbonyl (C=O) groups is 2. The van der Waals surface area contributed by atoms with Gasteiger partial charge in [-0.05, 0) is 61.9 Å². The monoisotopic (exact) mass is 595 g/mol. The summed E-state index contributed by atoms with van der Waals surface area (Å²) in [5, 5.41) is 6.01. The Labute approximate surface area is 243 Å². The van der Waals surface area contributed by atoms with Gasteiger partial charge in [-0.25, -0.2) is 8.42 Å². The summed E-state index contributed by atoms with van der Waals surface area (Å²) in [7, 11) is -4.17. The molecule has 4 rings (SSSR count). The van der Waals surface area contributed by atoms with E-state index < -0.39 is 22.5 Å². The second-order valence-corrected chi connectivity index (χ2v) is 11.8. The van der Waals surface area contributed by atoms with Crippen molar-refractivity contribution in [1.29, 1.82) is 0 Å². The Kier molecular flexibility index (Phi) is 9.14. The highest BCUT2D eigenvalue weighted by molar-refractivity contribution is 7.92. The highest BCUT2D eigenvalue weighted by Gasteiger charge is 2.28. The first-order valence-corrected chi connectivity index (χ1v) is 14.5. The molecule has 206 valence electrons. The second kappa shape index (κ2) is 12.6. The highest BCUT2D eigenvalue weighted by Crippen LogP contribution is 2.31. The molecule has 7 nitrogen and oxygen atoms in total. The Morgan fingerprint density at radius 3 is 2.17 bits per heavy atom. The van der Waals surface area contributed by atoms with Gasteiger partial charge in [0, 0.05) is 0 Å². The van der Waals surface area contributed by atoms with Crippen molar-refractivity contribution in [2.45, 2.75) is 24.8 Å². The van der Waals surface area contributed by atoms with E-state index >= 15 is 0 Å². The molecule has 0 aliphatic heterocycles. The van der Waals surface area contributed by atoms with Crippen LogP contribution in [-0.2, 0) is 14.8 Å². The fourth-order valence-electron chi connectivity index (χ4n) is 4.00. The molecule has 0 saturated heterocycles. The van der Waals surface area contributed by atoms with Gasteiger partial charge in [0.15, 0.2) is 0 Å². The number of aryl methyl sites for hydroxylation is 1. The third-order valence-electron chi connectivity index (χ3n) is 6.18. The van der Waals surface area contributed by atoms with Gasteiger partial charge in [0.1, 0.15) is 6.54 Å². The molecule has 0 spiro atoms. The SMILES string of the molecule is Cc1ccc(S(=O)(=O)N(CC(=O)Nc2ccccc2C(=O)NC(C)c2ccccc2)c2ccc(Cl)c(Cl)c2)cc1. The highest BCUT2D eigenvalue weighted by atomic mass is 35.5. The summed E-state index contributed by atoms with van der Waals surface area (Å²) in [6.07, 6.45) is 0. The maximum Gasteiger partial charge on any atom is 0.264 e. The van der Waals surface area contributed by atoms with Gasteiger partial charge < -0.3 is 10.6 Å². The minimum absolute atomic E-state index is 0.00616. The van der Waals surface area contributed by atoms with Crippen molar-refractivity contribution in [3.63, 3.8) is 0 Å². The minimum Gasteiger partial charge on any atom is -0.345 e. The Hall–Kier alpha value is -3.85. The molecule has 0 radical (unpaired) electrons. The lowest BCUT2D eigenvalue weighted by molar-refractivity contribution is -0.114. The molecular formula is C30H27Cl2N3O4S. The third-order valence-corrected chi connectivity index (χ3v) is 8.71. The average molecular weight is 597 g/mol. The first kappa shape index (κ1) is 29.1. The van der Waals surface area contributed by atoms with E-state index in [4.69, 9.17) is 23.2 Å². The van der Waals surface area contributed by atoms with Crippen molar-refractivity contribution in [2.75, 3.05) is 16.2 Å². The maximum atomic E-state index is 13.7. The first-order chi connectivity index (χ1) is 19.1. The van der Waals surface area contributed by atoms with Crippen molar-refractivity contribution in [3.8, 4) is 0 Å². The molecule has 40 heavy (non-hydrogen) atoms. The fourth-order valence-corrected chi connectivity index (χ4v) is 5.71. The number of benzene rings is 4. The average Bonchev–Trinajstić information content (AvgIpc) is 2.94.